The molecule has 1 atom stereocenters. The van der Waals surface area contributed by atoms with E-state index in [1.165, 1.54) is 0 Å². The second-order valence-electron chi connectivity index (χ2n) is 6.24. The Morgan fingerprint density at radius 1 is 1.35 bits per heavy atom. The highest BCUT2D eigenvalue weighted by Crippen LogP contribution is 2.16. The third-order valence-corrected chi connectivity index (χ3v) is 4.20. The fourth-order valence-corrected chi connectivity index (χ4v) is 2.08. The minimum absolute atomic E-state index is 0. The van der Waals surface area contributed by atoms with Gasteiger partial charge < -0.3 is 11.1 Å². The predicted molar refractivity (Wildman–Crippen MR) is 95.3 cm³/mol. The number of aryl methyl sites for hydroxylation is 1. The predicted octanol–water partition coefficient (Wildman–Crippen LogP) is 2.71. The largest absolute Gasteiger partial charge is 0.345 e. The molecule has 0 aliphatic heterocycles. The lowest BCUT2D eigenvalue weighted by Gasteiger charge is -2.33. The second-order valence-corrected chi connectivity index (χ2v) is 6.24. The van der Waals surface area contributed by atoms with Crippen LogP contribution in [0.4, 0.5) is 0 Å². The minimum atomic E-state index is -0.408. The number of halogens is 1. The first-order chi connectivity index (χ1) is 10.4. The van der Waals surface area contributed by atoms with Gasteiger partial charge in [-0.2, -0.15) is 5.10 Å². The number of hydrogen-bond acceptors (Lipinski definition) is 3. The molecule has 1 aromatic heterocycles. The molecule has 0 spiro atoms. The molecule has 3 N–H and O–H groups in total. The Hall–Kier alpha value is -1.85. The highest BCUT2D eigenvalue weighted by Gasteiger charge is 2.28. The summed E-state index contributed by atoms with van der Waals surface area (Å²) in [6.07, 6.45) is 3.75. The molecule has 0 saturated carbocycles. The van der Waals surface area contributed by atoms with Crippen molar-refractivity contribution < 1.29 is 4.79 Å². The summed E-state index contributed by atoms with van der Waals surface area (Å²) in [4.78, 5) is 12.4. The lowest BCUT2D eigenvalue weighted by atomic mass is 9.88. The van der Waals surface area contributed by atoms with E-state index in [9.17, 15) is 4.79 Å². The van der Waals surface area contributed by atoms with Gasteiger partial charge in [0.2, 0.25) is 0 Å². The standard InChI is InChI=1S/C17H24N4O.ClH/c1-12(2)17(4,11-18)20-16(22)14-5-7-15(8-6-14)21-10-13(3)9-19-21;/h5-10,12H,11,18H2,1-4H3,(H,20,22);1H. The van der Waals surface area contributed by atoms with Crippen LogP contribution in [-0.4, -0.2) is 27.8 Å². The average molecular weight is 337 g/mol. The van der Waals surface area contributed by atoms with Crippen LogP contribution in [0.15, 0.2) is 36.7 Å². The summed E-state index contributed by atoms with van der Waals surface area (Å²) in [5.41, 5.74) is 8.04. The maximum atomic E-state index is 12.4. The molecular weight excluding hydrogens is 312 g/mol. The lowest BCUT2D eigenvalue weighted by Crippen LogP contribution is -2.55. The quantitative estimate of drug-likeness (QED) is 0.881. The number of benzene rings is 1. The third-order valence-electron chi connectivity index (χ3n) is 4.20. The first-order valence-electron chi connectivity index (χ1n) is 7.50. The topological polar surface area (TPSA) is 72.9 Å². The van der Waals surface area contributed by atoms with Gasteiger partial charge in [0.15, 0.2) is 0 Å². The monoisotopic (exact) mass is 336 g/mol. The number of nitrogens with zero attached hydrogens (tertiary/aromatic N) is 2. The fourth-order valence-electron chi connectivity index (χ4n) is 2.08. The summed E-state index contributed by atoms with van der Waals surface area (Å²) in [7, 11) is 0. The SMILES string of the molecule is Cc1cnn(-c2ccc(C(=O)NC(C)(CN)C(C)C)cc2)c1.Cl. The zero-order valence-electron chi connectivity index (χ0n) is 14.0. The summed E-state index contributed by atoms with van der Waals surface area (Å²) in [6, 6.07) is 7.38. The Labute approximate surface area is 143 Å². The Bertz CT molecular complexity index is 651. The Kier molecular flexibility index (Phi) is 6.36. The Balaban J connectivity index is 0.00000264. The average Bonchev–Trinajstić information content (AvgIpc) is 2.93. The summed E-state index contributed by atoms with van der Waals surface area (Å²) < 4.78 is 1.79. The van der Waals surface area contributed by atoms with Gasteiger partial charge in [0.25, 0.3) is 5.91 Å². The minimum Gasteiger partial charge on any atom is -0.345 e. The maximum Gasteiger partial charge on any atom is 0.251 e. The molecule has 2 rings (SSSR count). The summed E-state index contributed by atoms with van der Waals surface area (Å²) >= 11 is 0. The Morgan fingerprint density at radius 2 is 1.96 bits per heavy atom. The summed E-state index contributed by atoms with van der Waals surface area (Å²) in [5.74, 6) is 0.151. The molecule has 0 aliphatic rings. The summed E-state index contributed by atoms with van der Waals surface area (Å²) in [5, 5.41) is 7.29. The van der Waals surface area contributed by atoms with Gasteiger partial charge >= 0.3 is 0 Å². The molecule has 2 aromatic rings. The van der Waals surface area contributed by atoms with Crippen LogP contribution in [0, 0.1) is 12.8 Å². The molecule has 5 nitrogen and oxygen atoms in total. The molecule has 0 radical (unpaired) electrons. The number of hydrogen-bond donors (Lipinski definition) is 2. The van der Waals surface area contributed by atoms with E-state index < -0.39 is 5.54 Å². The molecule has 6 heteroatoms. The molecular formula is C17H25ClN4O. The number of amides is 1. The van der Waals surface area contributed by atoms with Crippen LogP contribution in [-0.2, 0) is 0 Å². The zero-order chi connectivity index (χ0) is 16.3. The van der Waals surface area contributed by atoms with E-state index in [1.807, 2.05) is 32.2 Å². The van der Waals surface area contributed by atoms with Crippen LogP contribution in [0.5, 0.6) is 0 Å². The van der Waals surface area contributed by atoms with Crippen molar-refractivity contribution in [2.45, 2.75) is 33.2 Å². The molecule has 1 amide bonds. The molecule has 1 unspecified atom stereocenters. The van der Waals surface area contributed by atoms with Crippen LogP contribution in [0.25, 0.3) is 5.69 Å². The highest BCUT2D eigenvalue weighted by atomic mass is 35.5. The van der Waals surface area contributed by atoms with Gasteiger partial charge in [-0.05, 0) is 49.6 Å². The maximum absolute atomic E-state index is 12.4. The van der Waals surface area contributed by atoms with Crippen molar-refractivity contribution in [1.82, 2.24) is 15.1 Å². The molecule has 1 aromatic carbocycles. The normalized spacial score (nSPS) is 13.3. The second kappa shape index (κ2) is 7.62. The van der Waals surface area contributed by atoms with Crippen LogP contribution in [0.3, 0.4) is 0 Å². The van der Waals surface area contributed by atoms with Crippen molar-refractivity contribution in [2.75, 3.05) is 6.54 Å². The molecule has 23 heavy (non-hydrogen) atoms. The van der Waals surface area contributed by atoms with E-state index >= 15 is 0 Å². The van der Waals surface area contributed by atoms with E-state index in [1.54, 1.807) is 23.0 Å². The van der Waals surface area contributed by atoms with Gasteiger partial charge in [0, 0.05) is 18.3 Å². The van der Waals surface area contributed by atoms with Crippen molar-refractivity contribution in [3.05, 3.63) is 47.8 Å². The highest BCUT2D eigenvalue weighted by molar-refractivity contribution is 5.94. The van der Waals surface area contributed by atoms with E-state index in [0.29, 0.717) is 12.1 Å². The van der Waals surface area contributed by atoms with Crippen molar-refractivity contribution in [3.8, 4) is 5.69 Å². The molecule has 0 bridgehead atoms. The smallest absolute Gasteiger partial charge is 0.251 e. The number of nitrogens with one attached hydrogen (secondary N) is 1. The van der Waals surface area contributed by atoms with E-state index in [4.69, 9.17) is 5.73 Å². The van der Waals surface area contributed by atoms with Crippen LogP contribution < -0.4 is 11.1 Å². The number of carbonyl (C=O) groups is 1. The molecule has 0 aliphatic carbocycles. The van der Waals surface area contributed by atoms with E-state index in [-0.39, 0.29) is 24.2 Å². The van der Waals surface area contributed by atoms with Crippen molar-refractivity contribution in [2.24, 2.45) is 11.7 Å². The Morgan fingerprint density at radius 3 is 2.39 bits per heavy atom. The van der Waals surface area contributed by atoms with Crippen LogP contribution in [0.2, 0.25) is 0 Å². The number of rotatable bonds is 5. The fraction of sp³-hybridized carbons (Fsp3) is 0.412. The van der Waals surface area contributed by atoms with Crippen molar-refractivity contribution >= 4 is 18.3 Å². The third kappa shape index (κ3) is 4.33. The van der Waals surface area contributed by atoms with Gasteiger partial charge in [-0.25, -0.2) is 4.68 Å². The molecule has 0 saturated heterocycles. The number of carbonyl (C=O) groups excluding carboxylic acids is 1. The van der Waals surface area contributed by atoms with Crippen molar-refractivity contribution in [1.29, 1.82) is 0 Å². The van der Waals surface area contributed by atoms with Crippen LogP contribution in [0.1, 0.15) is 36.7 Å². The van der Waals surface area contributed by atoms with Gasteiger partial charge in [-0.15, -0.1) is 12.4 Å². The zero-order valence-corrected chi connectivity index (χ0v) is 14.9. The molecule has 1 heterocycles. The van der Waals surface area contributed by atoms with E-state index in [2.05, 4.69) is 24.3 Å². The molecule has 0 fully saturated rings. The number of nitrogens with two attached hydrogens (primary N) is 1. The van der Waals surface area contributed by atoms with Crippen LogP contribution >= 0.6 is 12.4 Å². The van der Waals surface area contributed by atoms with Gasteiger partial charge in [0.1, 0.15) is 0 Å². The van der Waals surface area contributed by atoms with Crippen molar-refractivity contribution in [3.63, 3.8) is 0 Å². The van der Waals surface area contributed by atoms with Gasteiger partial charge in [-0.1, -0.05) is 13.8 Å². The first-order valence-corrected chi connectivity index (χ1v) is 7.50. The van der Waals surface area contributed by atoms with Gasteiger partial charge in [0.05, 0.1) is 17.4 Å². The van der Waals surface area contributed by atoms with Gasteiger partial charge in [-0.3, -0.25) is 4.79 Å². The summed E-state index contributed by atoms with van der Waals surface area (Å²) in [6.45, 7) is 8.47. The first kappa shape index (κ1) is 19.2. The van der Waals surface area contributed by atoms with E-state index in [0.717, 1.165) is 11.3 Å². The number of aromatic nitrogens is 2. The molecule has 126 valence electrons. The lowest BCUT2D eigenvalue weighted by molar-refractivity contribution is 0.0883.